The predicted molar refractivity (Wildman–Crippen MR) is 190 cm³/mol. The fraction of sp³-hybridized carbons (Fsp3) is 0.297. The molecule has 2 amide bonds. The highest BCUT2D eigenvalue weighted by Crippen LogP contribution is 2.31. The maximum atomic E-state index is 14.7. The fourth-order valence-corrected chi connectivity index (χ4v) is 7.85. The lowest BCUT2D eigenvalue weighted by Gasteiger charge is -2.34. The van der Waals surface area contributed by atoms with Crippen LogP contribution < -0.4 is 14.4 Å². The number of nitrogens with zero attached hydrogens (tertiary/aromatic N) is 2. The lowest BCUT2D eigenvalue weighted by Crippen LogP contribution is -2.54. The summed E-state index contributed by atoms with van der Waals surface area (Å²) < 4.78 is 35.0. The minimum Gasteiger partial charge on any atom is -0.497 e. The van der Waals surface area contributed by atoms with Gasteiger partial charge in [0.2, 0.25) is 11.8 Å². The van der Waals surface area contributed by atoms with Gasteiger partial charge in [0.05, 0.1) is 17.7 Å². The maximum absolute atomic E-state index is 14.7. The number of rotatable bonds is 13. The first kappa shape index (κ1) is 35.3. The van der Waals surface area contributed by atoms with Gasteiger partial charge in [-0.15, -0.1) is 0 Å². The maximum Gasteiger partial charge on any atom is 0.264 e. The van der Waals surface area contributed by atoms with E-state index in [0.29, 0.717) is 11.3 Å². The second-order valence-corrected chi connectivity index (χ2v) is 14.8. The van der Waals surface area contributed by atoms with E-state index in [0.717, 1.165) is 41.1 Å². The molecule has 1 atom stereocenters. The number of carbonyl (C=O) groups excluding carboxylic acids is 2. The zero-order valence-electron chi connectivity index (χ0n) is 26.9. The summed E-state index contributed by atoms with van der Waals surface area (Å²) in [6.07, 6.45) is 4.00. The number of hydrogen-bond acceptors (Lipinski definition) is 5. The van der Waals surface area contributed by atoms with Crippen molar-refractivity contribution in [1.82, 2.24) is 10.2 Å². The van der Waals surface area contributed by atoms with Crippen LogP contribution in [0.25, 0.3) is 0 Å². The Kier molecular flexibility index (Phi) is 11.7. The third-order valence-corrected chi connectivity index (χ3v) is 10.7. The summed E-state index contributed by atoms with van der Waals surface area (Å²) in [6.45, 7) is 1.27. The van der Waals surface area contributed by atoms with Gasteiger partial charge in [0.15, 0.2) is 0 Å². The van der Waals surface area contributed by atoms with Crippen molar-refractivity contribution < 1.29 is 22.7 Å². The highest BCUT2D eigenvalue weighted by Gasteiger charge is 2.36. The summed E-state index contributed by atoms with van der Waals surface area (Å²) in [6, 6.07) is 26.5. The van der Waals surface area contributed by atoms with Crippen molar-refractivity contribution >= 4 is 50.7 Å². The number of amides is 2. The monoisotopic (exact) mass is 707 g/mol. The molecule has 1 unspecified atom stereocenters. The van der Waals surface area contributed by atoms with E-state index < -0.39 is 28.5 Å². The third-order valence-electron chi connectivity index (χ3n) is 8.48. The molecule has 252 valence electrons. The van der Waals surface area contributed by atoms with Gasteiger partial charge in [0, 0.05) is 29.1 Å². The van der Waals surface area contributed by atoms with E-state index in [2.05, 4.69) is 5.32 Å². The molecule has 1 saturated carbocycles. The number of halogens is 2. The van der Waals surface area contributed by atoms with Crippen LogP contribution in [0.15, 0.2) is 102 Å². The second-order valence-electron chi connectivity index (χ2n) is 12.0. The van der Waals surface area contributed by atoms with Gasteiger partial charge in [-0.3, -0.25) is 13.9 Å². The highest BCUT2D eigenvalue weighted by atomic mass is 35.5. The summed E-state index contributed by atoms with van der Waals surface area (Å²) in [5, 5.41) is 3.60. The van der Waals surface area contributed by atoms with E-state index >= 15 is 0 Å². The summed E-state index contributed by atoms with van der Waals surface area (Å²) in [7, 11) is -2.74. The Bertz CT molecular complexity index is 1810. The largest absolute Gasteiger partial charge is 0.497 e. The SMILES string of the molecule is COc1cccc(CN(C(=O)CN(c2cc(Cl)cc(Cl)c2)S(=O)(=O)c2ccc(C)cc2)C(Cc2ccccc2)C(=O)NC2CCCC2)c1. The Morgan fingerprint density at radius 2 is 1.52 bits per heavy atom. The lowest BCUT2D eigenvalue weighted by molar-refractivity contribution is -0.140. The van der Waals surface area contributed by atoms with Crippen molar-refractivity contribution in [2.75, 3.05) is 18.0 Å². The van der Waals surface area contributed by atoms with Gasteiger partial charge < -0.3 is 15.0 Å². The molecule has 4 aromatic carbocycles. The molecule has 1 aliphatic rings. The van der Waals surface area contributed by atoms with Crippen LogP contribution in [0.4, 0.5) is 5.69 Å². The van der Waals surface area contributed by atoms with Crippen molar-refractivity contribution in [2.45, 2.75) is 62.6 Å². The van der Waals surface area contributed by atoms with Crippen LogP contribution in [0, 0.1) is 6.92 Å². The van der Waals surface area contributed by atoms with Crippen LogP contribution in [0.1, 0.15) is 42.4 Å². The smallest absolute Gasteiger partial charge is 0.264 e. The van der Waals surface area contributed by atoms with Crippen molar-refractivity contribution in [3.8, 4) is 5.75 Å². The molecule has 0 bridgehead atoms. The summed E-state index contributed by atoms with van der Waals surface area (Å²) >= 11 is 12.7. The Labute approximate surface area is 292 Å². The highest BCUT2D eigenvalue weighted by molar-refractivity contribution is 7.92. The first-order chi connectivity index (χ1) is 23.0. The molecule has 11 heteroatoms. The van der Waals surface area contributed by atoms with Gasteiger partial charge in [-0.05, 0) is 73.4 Å². The third kappa shape index (κ3) is 8.89. The van der Waals surface area contributed by atoms with E-state index in [-0.39, 0.29) is 45.5 Å². The summed E-state index contributed by atoms with van der Waals surface area (Å²) in [4.78, 5) is 30.3. The van der Waals surface area contributed by atoms with Gasteiger partial charge in [-0.25, -0.2) is 8.42 Å². The van der Waals surface area contributed by atoms with Crippen LogP contribution in [-0.4, -0.2) is 50.9 Å². The number of hydrogen-bond donors (Lipinski definition) is 1. The molecule has 0 radical (unpaired) electrons. The number of sulfonamides is 1. The van der Waals surface area contributed by atoms with E-state index in [1.165, 1.54) is 35.2 Å². The summed E-state index contributed by atoms with van der Waals surface area (Å²) in [5.41, 5.74) is 2.58. The predicted octanol–water partition coefficient (Wildman–Crippen LogP) is 7.20. The van der Waals surface area contributed by atoms with Crippen molar-refractivity contribution in [2.24, 2.45) is 0 Å². The minimum absolute atomic E-state index is 0.00356. The van der Waals surface area contributed by atoms with Crippen LogP contribution in [0.3, 0.4) is 0 Å². The number of nitrogens with one attached hydrogen (secondary N) is 1. The van der Waals surface area contributed by atoms with Gasteiger partial charge in [-0.2, -0.15) is 0 Å². The zero-order chi connectivity index (χ0) is 34.3. The molecular formula is C37H39Cl2N3O5S. The van der Waals surface area contributed by atoms with E-state index in [4.69, 9.17) is 27.9 Å². The van der Waals surface area contributed by atoms with Gasteiger partial charge in [-0.1, -0.05) is 96.2 Å². The van der Waals surface area contributed by atoms with Crippen LogP contribution >= 0.6 is 23.2 Å². The molecule has 8 nitrogen and oxygen atoms in total. The Morgan fingerprint density at radius 3 is 2.17 bits per heavy atom. The van der Waals surface area contributed by atoms with Gasteiger partial charge in [0.1, 0.15) is 18.3 Å². The van der Waals surface area contributed by atoms with Crippen molar-refractivity contribution in [1.29, 1.82) is 0 Å². The Balaban J connectivity index is 1.59. The first-order valence-electron chi connectivity index (χ1n) is 15.9. The topological polar surface area (TPSA) is 96.0 Å². The molecule has 0 spiro atoms. The van der Waals surface area contributed by atoms with Crippen LogP contribution in [0.5, 0.6) is 5.75 Å². The molecule has 0 aliphatic heterocycles. The minimum atomic E-state index is -4.29. The standard InChI is InChI=1S/C37H39Cl2N3O5S/c1-26-15-17-34(18-16-26)48(45,46)42(32-22-29(38)21-30(39)23-32)25-36(43)41(24-28-11-8-14-33(19-28)47-2)35(20-27-9-4-3-5-10-27)37(44)40-31-12-6-7-13-31/h3-5,8-11,14-19,21-23,31,35H,6-7,12-13,20,24-25H2,1-2H3,(H,40,44). The molecule has 0 saturated heterocycles. The zero-order valence-corrected chi connectivity index (χ0v) is 29.3. The number of aryl methyl sites for hydroxylation is 1. The number of carbonyl (C=O) groups is 2. The number of ether oxygens (including phenoxy) is 1. The average molecular weight is 709 g/mol. The first-order valence-corrected chi connectivity index (χ1v) is 18.1. The molecular weight excluding hydrogens is 669 g/mol. The number of benzene rings is 4. The number of methoxy groups -OCH3 is 1. The van der Waals surface area contributed by atoms with E-state index in [1.807, 2.05) is 49.4 Å². The van der Waals surface area contributed by atoms with E-state index in [1.54, 1.807) is 31.4 Å². The molecule has 0 heterocycles. The Hall–Kier alpha value is -4.05. The van der Waals surface area contributed by atoms with Crippen LogP contribution in [-0.2, 0) is 32.6 Å². The second kappa shape index (κ2) is 15.9. The molecule has 4 aromatic rings. The fourth-order valence-electron chi connectivity index (χ4n) is 5.94. The van der Waals surface area contributed by atoms with Gasteiger partial charge >= 0.3 is 0 Å². The molecule has 1 N–H and O–H groups in total. The van der Waals surface area contributed by atoms with Crippen molar-refractivity contribution in [3.63, 3.8) is 0 Å². The molecule has 0 aromatic heterocycles. The van der Waals surface area contributed by atoms with Gasteiger partial charge in [0.25, 0.3) is 10.0 Å². The molecule has 1 fully saturated rings. The van der Waals surface area contributed by atoms with Crippen molar-refractivity contribution in [3.05, 3.63) is 124 Å². The molecule has 5 rings (SSSR count). The quantitative estimate of drug-likeness (QED) is 0.159. The normalized spacial score (nSPS) is 13.9. The van der Waals surface area contributed by atoms with E-state index in [9.17, 15) is 18.0 Å². The number of anilines is 1. The Morgan fingerprint density at radius 1 is 0.875 bits per heavy atom. The molecule has 1 aliphatic carbocycles. The van der Waals surface area contributed by atoms with Crippen LogP contribution in [0.2, 0.25) is 10.0 Å². The average Bonchev–Trinajstić information content (AvgIpc) is 3.58. The summed E-state index contributed by atoms with van der Waals surface area (Å²) in [5.74, 6) is -0.278. The molecule has 48 heavy (non-hydrogen) atoms. The lowest BCUT2D eigenvalue weighted by atomic mass is 10.0.